The lowest BCUT2D eigenvalue weighted by atomic mass is 10.1. The van der Waals surface area contributed by atoms with E-state index in [9.17, 15) is 18.0 Å². The molecular weight excluding hydrogens is 412 g/mol. The Morgan fingerprint density at radius 1 is 0.857 bits per heavy atom. The number of hydrogen-bond acceptors (Lipinski definition) is 2. The summed E-state index contributed by atoms with van der Waals surface area (Å²) in [5.74, 6) is -0.473. The molecule has 0 atom stereocenters. The molecule has 2 N–H and O–H groups in total. The van der Waals surface area contributed by atoms with Crippen LogP contribution in [0.1, 0.15) is 15.9 Å². The highest BCUT2D eigenvalue weighted by atomic mass is 35.5. The Balaban J connectivity index is 1.86. The van der Waals surface area contributed by atoms with Crippen molar-refractivity contribution in [3.63, 3.8) is 0 Å². The molecule has 1 amide bonds. The molecule has 3 aromatic carbocycles. The first kappa shape index (κ1) is 20.0. The van der Waals surface area contributed by atoms with Crippen molar-refractivity contribution in [3.05, 3.63) is 87.9 Å². The number of alkyl halides is 3. The SMILES string of the molecule is O=C(Nc1ccc(Cl)cc1Cl)c1ccccc1Nc1cccc(C(F)(F)F)c1. The summed E-state index contributed by atoms with van der Waals surface area (Å²) in [4.78, 5) is 12.7. The Morgan fingerprint density at radius 2 is 1.61 bits per heavy atom. The fourth-order valence-electron chi connectivity index (χ4n) is 2.50. The second-order valence-electron chi connectivity index (χ2n) is 5.83. The van der Waals surface area contributed by atoms with Crippen molar-refractivity contribution in [3.8, 4) is 0 Å². The maximum Gasteiger partial charge on any atom is 0.416 e. The molecule has 0 aliphatic heterocycles. The highest BCUT2D eigenvalue weighted by Gasteiger charge is 2.30. The normalized spacial score (nSPS) is 11.2. The zero-order valence-electron chi connectivity index (χ0n) is 14.1. The van der Waals surface area contributed by atoms with Gasteiger partial charge in [0, 0.05) is 10.7 Å². The summed E-state index contributed by atoms with van der Waals surface area (Å²) in [6.07, 6.45) is -4.46. The van der Waals surface area contributed by atoms with Gasteiger partial charge < -0.3 is 10.6 Å². The number of halogens is 5. The predicted molar refractivity (Wildman–Crippen MR) is 106 cm³/mol. The molecule has 0 unspecified atom stereocenters. The molecule has 3 rings (SSSR count). The van der Waals surface area contributed by atoms with Gasteiger partial charge in [0.2, 0.25) is 0 Å². The van der Waals surface area contributed by atoms with Crippen LogP contribution in [-0.2, 0) is 6.18 Å². The zero-order valence-corrected chi connectivity index (χ0v) is 15.7. The number of carbonyl (C=O) groups is 1. The third-order valence-corrected chi connectivity index (χ3v) is 4.37. The zero-order chi connectivity index (χ0) is 20.3. The first-order valence-electron chi connectivity index (χ1n) is 8.04. The molecule has 0 aliphatic carbocycles. The molecule has 0 saturated heterocycles. The molecule has 8 heteroatoms. The van der Waals surface area contributed by atoms with E-state index in [1.165, 1.54) is 18.2 Å². The number of hydrogen-bond donors (Lipinski definition) is 2. The number of nitrogens with one attached hydrogen (secondary N) is 2. The van der Waals surface area contributed by atoms with Gasteiger partial charge in [-0.15, -0.1) is 0 Å². The average Bonchev–Trinajstić information content (AvgIpc) is 2.64. The number of carbonyl (C=O) groups excluding carboxylic acids is 1. The Kier molecular flexibility index (Phi) is 5.82. The molecule has 0 aliphatic rings. The largest absolute Gasteiger partial charge is 0.416 e. The maximum absolute atomic E-state index is 12.9. The van der Waals surface area contributed by atoms with Crippen LogP contribution in [0.5, 0.6) is 0 Å². The predicted octanol–water partition coefficient (Wildman–Crippen LogP) is 7.01. The average molecular weight is 425 g/mol. The molecule has 0 saturated carbocycles. The van der Waals surface area contributed by atoms with E-state index in [1.54, 1.807) is 36.4 Å². The molecule has 0 radical (unpaired) electrons. The monoisotopic (exact) mass is 424 g/mol. The van der Waals surface area contributed by atoms with Crippen LogP contribution in [0, 0.1) is 0 Å². The standard InChI is InChI=1S/C20H13Cl2F3N2O/c21-13-8-9-18(16(22)11-13)27-19(28)15-6-1-2-7-17(15)26-14-5-3-4-12(10-14)20(23,24)25/h1-11,26H,(H,27,28). The van der Waals surface area contributed by atoms with Crippen LogP contribution >= 0.6 is 23.2 Å². The summed E-state index contributed by atoms with van der Waals surface area (Å²) in [6.45, 7) is 0. The molecule has 0 heterocycles. The topological polar surface area (TPSA) is 41.1 Å². The van der Waals surface area contributed by atoms with E-state index in [1.807, 2.05) is 0 Å². The van der Waals surface area contributed by atoms with E-state index >= 15 is 0 Å². The van der Waals surface area contributed by atoms with Crippen LogP contribution in [0.3, 0.4) is 0 Å². The molecule has 3 aromatic rings. The molecule has 0 spiro atoms. The third kappa shape index (κ3) is 4.77. The smallest absolute Gasteiger partial charge is 0.355 e. The quantitative estimate of drug-likeness (QED) is 0.472. The minimum Gasteiger partial charge on any atom is -0.355 e. The molecule has 144 valence electrons. The first-order valence-corrected chi connectivity index (χ1v) is 8.79. The van der Waals surface area contributed by atoms with Crippen molar-refractivity contribution >= 4 is 46.2 Å². The number of amides is 1. The minimum absolute atomic E-state index is 0.208. The lowest BCUT2D eigenvalue weighted by Gasteiger charge is -2.14. The van der Waals surface area contributed by atoms with Gasteiger partial charge in [-0.05, 0) is 48.5 Å². The van der Waals surface area contributed by atoms with Gasteiger partial charge in [-0.1, -0.05) is 41.4 Å². The Bertz CT molecular complexity index is 1020. The Hall–Kier alpha value is -2.70. The summed E-state index contributed by atoms with van der Waals surface area (Å²) in [6, 6.07) is 15.8. The van der Waals surface area contributed by atoms with E-state index in [0.717, 1.165) is 12.1 Å². The number of rotatable bonds is 4. The second kappa shape index (κ2) is 8.12. The van der Waals surface area contributed by atoms with Gasteiger partial charge in [0.05, 0.1) is 27.5 Å². The minimum atomic E-state index is -4.46. The van der Waals surface area contributed by atoms with E-state index in [0.29, 0.717) is 16.4 Å². The van der Waals surface area contributed by atoms with Crippen molar-refractivity contribution in [2.45, 2.75) is 6.18 Å². The number of anilines is 3. The number of benzene rings is 3. The van der Waals surface area contributed by atoms with Crippen molar-refractivity contribution in [2.24, 2.45) is 0 Å². The molecular formula is C20H13Cl2F3N2O. The summed E-state index contributed by atoms with van der Waals surface area (Å²) < 4.78 is 38.7. The van der Waals surface area contributed by atoms with E-state index in [-0.39, 0.29) is 16.3 Å². The van der Waals surface area contributed by atoms with Gasteiger partial charge in [-0.25, -0.2) is 0 Å². The highest BCUT2D eigenvalue weighted by Crippen LogP contribution is 2.32. The van der Waals surface area contributed by atoms with Crippen LogP contribution in [0.25, 0.3) is 0 Å². The van der Waals surface area contributed by atoms with E-state index < -0.39 is 17.6 Å². The van der Waals surface area contributed by atoms with Gasteiger partial charge in [-0.2, -0.15) is 13.2 Å². The van der Waals surface area contributed by atoms with Crippen molar-refractivity contribution in [2.75, 3.05) is 10.6 Å². The van der Waals surface area contributed by atoms with Crippen molar-refractivity contribution in [1.29, 1.82) is 0 Å². The summed E-state index contributed by atoms with van der Waals surface area (Å²) in [7, 11) is 0. The van der Waals surface area contributed by atoms with Gasteiger partial charge in [0.25, 0.3) is 5.91 Å². The van der Waals surface area contributed by atoms with Crippen molar-refractivity contribution < 1.29 is 18.0 Å². The molecule has 0 aromatic heterocycles. The maximum atomic E-state index is 12.9. The Morgan fingerprint density at radius 3 is 2.32 bits per heavy atom. The van der Waals surface area contributed by atoms with Gasteiger partial charge in [-0.3, -0.25) is 4.79 Å². The van der Waals surface area contributed by atoms with Crippen LogP contribution in [-0.4, -0.2) is 5.91 Å². The van der Waals surface area contributed by atoms with Crippen LogP contribution in [0.4, 0.5) is 30.2 Å². The molecule has 28 heavy (non-hydrogen) atoms. The Labute approximate surface area is 169 Å². The molecule has 0 fully saturated rings. The first-order chi connectivity index (χ1) is 13.2. The fraction of sp³-hybridized carbons (Fsp3) is 0.0500. The lowest BCUT2D eigenvalue weighted by molar-refractivity contribution is -0.137. The summed E-state index contributed by atoms with van der Waals surface area (Å²) in [5.41, 5.74) is 0.382. The summed E-state index contributed by atoms with van der Waals surface area (Å²) >= 11 is 11.9. The van der Waals surface area contributed by atoms with Gasteiger partial charge in [0.15, 0.2) is 0 Å². The summed E-state index contributed by atoms with van der Waals surface area (Å²) in [5, 5.41) is 6.22. The molecule has 0 bridgehead atoms. The number of para-hydroxylation sites is 1. The van der Waals surface area contributed by atoms with Gasteiger partial charge >= 0.3 is 6.18 Å². The van der Waals surface area contributed by atoms with Crippen molar-refractivity contribution in [1.82, 2.24) is 0 Å². The van der Waals surface area contributed by atoms with Crippen LogP contribution in [0.2, 0.25) is 10.0 Å². The highest BCUT2D eigenvalue weighted by molar-refractivity contribution is 6.36. The third-order valence-electron chi connectivity index (χ3n) is 3.82. The molecule has 3 nitrogen and oxygen atoms in total. The van der Waals surface area contributed by atoms with E-state index in [2.05, 4.69) is 10.6 Å². The van der Waals surface area contributed by atoms with Crippen LogP contribution < -0.4 is 10.6 Å². The fourth-order valence-corrected chi connectivity index (χ4v) is 2.96. The van der Waals surface area contributed by atoms with Gasteiger partial charge in [0.1, 0.15) is 0 Å². The van der Waals surface area contributed by atoms with E-state index in [4.69, 9.17) is 23.2 Å². The lowest BCUT2D eigenvalue weighted by Crippen LogP contribution is -2.14. The second-order valence-corrected chi connectivity index (χ2v) is 6.67. The van der Waals surface area contributed by atoms with Crippen LogP contribution in [0.15, 0.2) is 66.7 Å².